The molecule has 1 aromatic carbocycles. The quantitative estimate of drug-likeness (QED) is 0.886. The summed E-state index contributed by atoms with van der Waals surface area (Å²) < 4.78 is 13.6. The van der Waals surface area contributed by atoms with E-state index in [0.29, 0.717) is 6.54 Å². The Hall–Kier alpha value is -0.640. The van der Waals surface area contributed by atoms with Crippen molar-refractivity contribution in [1.82, 2.24) is 5.32 Å². The van der Waals surface area contributed by atoms with Gasteiger partial charge in [-0.2, -0.15) is 0 Å². The maximum Gasteiger partial charge on any atom is 0.142 e. The van der Waals surface area contributed by atoms with Gasteiger partial charge in [-0.1, -0.05) is 30.5 Å². The van der Waals surface area contributed by atoms with Crippen molar-refractivity contribution in [1.29, 1.82) is 0 Å². The minimum Gasteiger partial charge on any atom is -0.392 e. The number of hydrogen-bond acceptors (Lipinski definition) is 2. The highest BCUT2D eigenvalue weighted by Crippen LogP contribution is 2.40. The van der Waals surface area contributed by atoms with Crippen LogP contribution in [0.4, 0.5) is 4.39 Å². The Morgan fingerprint density at radius 1 is 1.50 bits per heavy atom. The molecule has 2 rings (SSSR count). The summed E-state index contributed by atoms with van der Waals surface area (Å²) in [5, 5.41) is 13.6. The minimum absolute atomic E-state index is 0.128. The van der Waals surface area contributed by atoms with Crippen LogP contribution in [-0.4, -0.2) is 24.8 Å². The Labute approximate surface area is 112 Å². The number of aliphatic hydroxyl groups is 1. The van der Waals surface area contributed by atoms with Crippen LogP contribution in [0.25, 0.3) is 0 Å². The second-order valence-corrected chi connectivity index (χ2v) is 5.48. The van der Waals surface area contributed by atoms with Crippen LogP contribution in [0.5, 0.6) is 0 Å². The first kappa shape index (κ1) is 13.8. The number of likely N-dealkylation sites (N-methyl/N-ethyl adjacent to an activating group) is 1. The average Bonchev–Trinajstić information content (AvgIpc) is 2.36. The fourth-order valence-corrected chi connectivity index (χ4v) is 3.10. The molecule has 0 saturated heterocycles. The molecule has 4 heteroatoms. The summed E-state index contributed by atoms with van der Waals surface area (Å²) in [6, 6.07) is 4.87. The summed E-state index contributed by atoms with van der Waals surface area (Å²) in [6.07, 6.45) is 3.30. The SMILES string of the molecule is CNCC1(c2ccc(Cl)c(F)c2)CCCCC1O. The molecule has 2 N–H and O–H groups in total. The average molecular weight is 272 g/mol. The zero-order valence-electron chi connectivity index (χ0n) is 10.5. The van der Waals surface area contributed by atoms with E-state index in [-0.39, 0.29) is 5.02 Å². The lowest BCUT2D eigenvalue weighted by Gasteiger charge is -2.42. The van der Waals surface area contributed by atoms with Gasteiger partial charge in [-0.25, -0.2) is 4.39 Å². The van der Waals surface area contributed by atoms with Gasteiger partial charge in [-0.3, -0.25) is 0 Å². The van der Waals surface area contributed by atoms with Crippen molar-refractivity contribution in [2.24, 2.45) is 0 Å². The summed E-state index contributed by atoms with van der Waals surface area (Å²) in [5.41, 5.74) is 0.448. The molecule has 2 nitrogen and oxygen atoms in total. The molecule has 100 valence electrons. The first-order valence-electron chi connectivity index (χ1n) is 6.38. The van der Waals surface area contributed by atoms with E-state index in [1.165, 1.54) is 6.07 Å². The molecule has 18 heavy (non-hydrogen) atoms. The lowest BCUT2D eigenvalue weighted by molar-refractivity contribution is 0.0423. The van der Waals surface area contributed by atoms with Crippen molar-refractivity contribution in [3.05, 3.63) is 34.6 Å². The number of rotatable bonds is 3. The van der Waals surface area contributed by atoms with Crippen molar-refractivity contribution < 1.29 is 9.50 Å². The van der Waals surface area contributed by atoms with E-state index in [0.717, 1.165) is 31.2 Å². The molecule has 0 aliphatic heterocycles. The Balaban J connectivity index is 2.42. The second kappa shape index (κ2) is 5.55. The molecule has 1 fully saturated rings. The Morgan fingerprint density at radius 2 is 2.28 bits per heavy atom. The highest BCUT2D eigenvalue weighted by atomic mass is 35.5. The summed E-state index contributed by atoms with van der Waals surface area (Å²) in [5.74, 6) is -0.414. The molecule has 0 radical (unpaired) electrons. The fraction of sp³-hybridized carbons (Fsp3) is 0.571. The van der Waals surface area contributed by atoms with Crippen molar-refractivity contribution in [3.8, 4) is 0 Å². The normalized spacial score (nSPS) is 28.3. The van der Waals surface area contributed by atoms with Gasteiger partial charge in [0.05, 0.1) is 11.1 Å². The lowest BCUT2D eigenvalue weighted by atomic mass is 9.67. The van der Waals surface area contributed by atoms with Crippen molar-refractivity contribution in [2.45, 2.75) is 37.2 Å². The number of hydrogen-bond donors (Lipinski definition) is 2. The second-order valence-electron chi connectivity index (χ2n) is 5.08. The summed E-state index contributed by atoms with van der Waals surface area (Å²) >= 11 is 5.73. The molecule has 2 atom stereocenters. The third-order valence-electron chi connectivity index (χ3n) is 3.98. The molecule has 0 heterocycles. The first-order valence-corrected chi connectivity index (χ1v) is 6.76. The third-order valence-corrected chi connectivity index (χ3v) is 4.28. The smallest absolute Gasteiger partial charge is 0.142 e. The van der Waals surface area contributed by atoms with Crippen molar-refractivity contribution in [2.75, 3.05) is 13.6 Å². The van der Waals surface area contributed by atoms with Crippen LogP contribution in [0, 0.1) is 5.82 Å². The third kappa shape index (κ3) is 2.40. The highest BCUT2D eigenvalue weighted by Gasteiger charge is 2.41. The Bertz CT molecular complexity index is 422. The molecule has 0 bridgehead atoms. The standard InChI is InChI=1S/C14H19ClFNO/c1-17-9-14(7-3-2-4-13(14)18)10-5-6-11(15)12(16)8-10/h5-6,8,13,17-18H,2-4,7,9H2,1H3. The summed E-state index contributed by atoms with van der Waals surface area (Å²) in [7, 11) is 1.86. The first-order chi connectivity index (χ1) is 8.60. The van der Waals surface area contributed by atoms with Gasteiger partial charge in [-0.05, 0) is 37.6 Å². The largest absolute Gasteiger partial charge is 0.392 e. The predicted molar refractivity (Wildman–Crippen MR) is 71.5 cm³/mol. The van der Waals surface area contributed by atoms with Gasteiger partial charge < -0.3 is 10.4 Å². The van der Waals surface area contributed by atoms with Crippen LogP contribution >= 0.6 is 11.6 Å². The van der Waals surface area contributed by atoms with E-state index >= 15 is 0 Å². The van der Waals surface area contributed by atoms with Crippen molar-refractivity contribution in [3.63, 3.8) is 0 Å². The van der Waals surface area contributed by atoms with Crippen LogP contribution in [0.3, 0.4) is 0 Å². The number of aliphatic hydroxyl groups excluding tert-OH is 1. The van der Waals surface area contributed by atoms with E-state index in [2.05, 4.69) is 5.32 Å². The predicted octanol–water partition coefficient (Wildman–Crippen LogP) is 2.87. The maximum absolute atomic E-state index is 13.6. The van der Waals surface area contributed by atoms with Gasteiger partial charge in [0.2, 0.25) is 0 Å². The molecule has 1 aliphatic carbocycles. The lowest BCUT2D eigenvalue weighted by Crippen LogP contribution is -2.48. The van der Waals surface area contributed by atoms with E-state index in [4.69, 9.17) is 11.6 Å². The molecular weight excluding hydrogens is 253 g/mol. The molecule has 1 aromatic rings. The zero-order valence-corrected chi connectivity index (χ0v) is 11.3. The van der Waals surface area contributed by atoms with Crippen LogP contribution in [-0.2, 0) is 5.41 Å². The number of halogens is 2. The zero-order chi connectivity index (χ0) is 13.2. The van der Waals surface area contributed by atoms with Gasteiger partial charge in [0, 0.05) is 12.0 Å². The van der Waals surface area contributed by atoms with Crippen LogP contribution < -0.4 is 5.32 Å². The van der Waals surface area contributed by atoms with E-state index in [9.17, 15) is 9.50 Å². The number of nitrogens with one attached hydrogen (secondary N) is 1. The molecule has 0 spiro atoms. The van der Waals surface area contributed by atoms with E-state index in [1.54, 1.807) is 6.07 Å². The highest BCUT2D eigenvalue weighted by molar-refractivity contribution is 6.30. The minimum atomic E-state index is -0.431. The molecule has 1 aliphatic rings. The maximum atomic E-state index is 13.6. The van der Waals surface area contributed by atoms with Gasteiger partial charge in [0.25, 0.3) is 0 Å². The van der Waals surface area contributed by atoms with Gasteiger partial charge in [0.15, 0.2) is 0 Å². The van der Waals surface area contributed by atoms with Crippen LogP contribution in [0.15, 0.2) is 18.2 Å². The van der Waals surface area contributed by atoms with Gasteiger partial charge in [-0.15, -0.1) is 0 Å². The van der Waals surface area contributed by atoms with E-state index in [1.807, 2.05) is 13.1 Å². The van der Waals surface area contributed by atoms with Crippen molar-refractivity contribution >= 4 is 11.6 Å². The summed E-state index contributed by atoms with van der Waals surface area (Å²) in [4.78, 5) is 0. The molecule has 1 saturated carbocycles. The molecular formula is C14H19ClFNO. The number of benzene rings is 1. The van der Waals surface area contributed by atoms with Gasteiger partial charge in [0.1, 0.15) is 5.82 Å². The molecule has 0 aromatic heterocycles. The van der Waals surface area contributed by atoms with E-state index < -0.39 is 17.3 Å². The topological polar surface area (TPSA) is 32.3 Å². The van der Waals surface area contributed by atoms with Crippen LogP contribution in [0.2, 0.25) is 5.02 Å². The summed E-state index contributed by atoms with van der Waals surface area (Å²) in [6.45, 7) is 0.648. The molecule has 0 amide bonds. The molecule has 2 unspecified atom stereocenters. The Kier molecular flexibility index (Phi) is 4.25. The fourth-order valence-electron chi connectivity index (χ4n) is 2.99. The van der Waals surface area contributed by atoms with Crippen LogP contribution in [0.1, 0.15) is 31.2 Å². The monoisotopic (exact) mass is 271 g/mol. The Morgan fingerprint density at radius 3 is 2.89 bits per heavy atom. The van der Waals surface area contributed by atoms with Gasteiger partial charge >= 0.3 is 0 Å².